The van der Waals surface area contributed by atoms with Crippen LogP contribution in [0.5, 0.6) is 0 Å². The molecule has 0 fully saturated rings. The third-order valence-corrected chi connectivity index (χ3v) is 6.29. The van der Waals surface area contributed by atoms with E-state index in [4.69, 9.17) is 0 Å². The Morgan fingerprint density at radius 2 is 1.52 bits per heavy atom. The van der Waals surface area contributed by atoms with Gasteiger partial charge in [0.15, 0.2) is 11.6 Å². The Morgan fingerprint density at radius 1 is 0.963 bits per heavy atom. The van der Waals surface area contributed by atoms with Crippen LogP contribution in [0.25, 0.3) is 0 Å². The van der Waals surface area contributed by atoms with Gasteiger partial charge in [0.1, 0.15) is 0 Å². The molecule has 2 rings (SSSR count). The summed E-state index contributed by atoms with van der Waals surface area (Å²) in [4.78, 5) is 12.4. The van der Waals surface area contributed by atoms with E-state index in [9.17, 15) is 22.0 Å². The fraction of sp³-hybridized carbons (Fsp3) is 0.316. The predicted molar refractivity (Wildman–Crippen MR) is 100 cm³/mol. The number of carbonyl (C=O) groups excluding carboxylic acids is 1. The monoisotopic (exact) mass is 396 g/mol. The van der Waals surface area contributed by atoms with Gasteiger partial charge in [-0.3, -0.25) is 4.79 Å². The maximum absolute atomic E-state index is 13.2. The van der Waals surface area contributed by atoms with Crippen LogP contribution in [0.3, 0.4) is 0 Å². The lowest BCUT2D eigenvalue weighted by Crippen LogP contribution is -2.42. The molecule has 2 aromatic carbocycles. The minimum absolute atomic E-state index is 0.0312. The summed E-state index contributed by atoms with van der Waals surface area (Å²) in [6.45, 7) is 8.44. The zero-order valence-electron chi connectivity index (χ0n) is 15.8. The summed E-state index contributed by atoms with van der Waals surface area (Å²) in [5.41, 5.74) is 2.91. The molecule has 0 aliphatic rings. The summed E-state index contributed by atoms with van der Waals surface area (Å²) in [5, 5.41) is 2.36. The van der Waals surface area contributed by atoms with Crippen molar-refractivity contribution in [1.29, 1.82) is 0 Å². The van der Waals surface area contributed by atoms with E-state index in [0.717, 1.165) is 23.3 Å². The zero-order chi connectivity index (χ0) is 20.5. The van der Waals surface area contributed by atoms with Crippen molar-refractivity contribution in [2.24, 2.45) is 0 Å². The highest BCUT2D eigenvalue weighted by Crippen LogP contribution is 2.26. The van der Waals surface area contributed by atoms with E-state index in [-0.39, 0.29) is 10.6 Å². The Labute approximate surface area is 157 Å². The molecule has 0 aromatic heterocycles. The summed E-state index contributed by atoms with van der Waals surface area (Å²) in [7, 11) is -3.96. The van der Waals surface area contributed by atoms with Crippen molar-refractivity contribution in [3.63, 3.8) is 0 Å². The number of hydrogen-bond donors (Lipinski definition) is 2. The molecule has 27 heavy (non-hydrogen) atoms. The van der Waals surface area contributed by atoms with Gasteiger partial charge in [-0.05, 0) is 69.0 Å². The Balaban J connectivity index is 2.25. The Morgan fingerprint density at radius 3 is 2.04 bits per heavy atom. The lowest BCUT2D eigenvalue weighted by molar-refractivity contribution is -0.117. The van der Waals surface area contributed by atoms with E-state index >= 15 is 0 Å². The third-order valence-electron chi connectivity index (χ3n) is 4.48. The van der Waals surface area contributed by atoms with Gasteiger partial charge < -0.3 is 5.32 Å². The van der Waals surface area contributed by atoms with E-state index < -0.39 is 33.6 Å². The Bertz CT molecular complexity index is 978. The van der Waals surface area contributed by atoms with E-state index in [1.54, 1.807) is 13.8 Å². The van der Waals surface area contributed by atoms with Gasteiger partial charge in [-0.1, -0.05) is 6.07 Å². The average molecular weight is 396 g/mol. The zero-order valence-corrected chi connectivity index (χ0v) is 16.6. The minimum Gasteiger partial charge on any atom is -0.325 e. The number of aryl methyl sites for hydroxylation is 2. The predicted octanol–water partition coefficient (Wildman–Crippen LogP) is 3.50. The highest BCUT2D eigenvalue weighted by molar-refractivity contribution is 7.89. The van der Waals surface area contributed by atoms with Crippen LogP contribution in [0.1, 0.15) is 29.2 Å². The first-order valence-corrected chi connectivity index (χ1v) is 9.78. The largest absolute Gasteiger partial charge is 0.325 e. The molecule has 5 nitrogen and oxygen atoms in total. The highest BCUT2D eigenvalue weighted by Gasteiger charge is 2.26. The average Bonchev–Trinajstić information content (AvgIpc) is 2.56. The summed E-state index contributed by atoms with van der Waals surface area (Å²) in [6.07, 6.45) is 0. The van der Waals surface area contributed by atoms with E-state index in [0.29, 0.717) is 11.1 Å². The number of benzene rings is 2. The lowest BCUT2D eigenvalue weighted by Gasteiger charge is -2.19. The first-order valence-electron chi connectivity index (χ1n) is 8.29. The summed E-state index contributed by atoms with van der Waals surface area (Å²) >= 11 is 0. The van der Waals surface area contributed by atoms with Gasteiger partial charge in [0.25, 0.3) is 0 Å². The number of hydrogen-bond acceptors (Lipinski definition) is 3. The summed E-state index contributed by atoms with van der Waals surface area (Å²) in [5.74, 6) is -2.84. The molecule has 0 bridgehead atoms. The van der Waals surface area contributed by atoms with Gasteiger partial charge in [0.05, 0.1) is 10.9 Å². The molecular formula is C19H22F2N2O3S. The van der Waals surface area contributed by atoms with Crippen LogP contribution >= 0.6 is 0 Å². The normalized spacial score (nSPS) is 12.7. The fourth-order valence-corrected chi connectivity index (χ4v) is 4.57. The van der Waals surface area contributed by atoms with Gasteiger partial charge in [-0.25, -0.2) is 17.2 Å². The number of halogens is 2. The van der Waals surface area contributed by atoms with Gasteiger partial charge in [-0.15, -0.1) is 0 Å². The molecule has 0 unspecified atom stereocenters. The van der Waals surface area contributed by atoms with Crippen LogP contribution in [-0.2, 0) is 14.8 Å². The van der Waals surface area contributed by atoms with Gasteiger partial charge in [-0.2, -0.15) is 4.72 Å². The van der Waals surface area contributed by atoms with Crippen LogP contribution in [0.2, 0.25) is 0 Å². The molecule has 1 atom stereocenters. The molecule has 0 heterocycles. The van der Waals surface area contributed by atoms with Crippen LogP contribution < -0.4 is 10.0 Å². The number of rotatable bonds is 5. The summed E-state index contributed by atoms with van der Waals surface area (Å²) in [6, 6.07) is 3.68. The first kappa shape index (κ1) is 21.0. The van der Waals surface area contributed by atoms with Crippen molar-refractivity contribution in [1.82, 2.24) is 4.72 Å². The van der Waals surface area contributed by atoms with Crippen molar-refractivity contribution in [3.8, 4) is 0 Å². The van der Waals surface area contributed by atoms with Crippen molar-refractivity contribution in [3.05, 3.63) is 58.2 Å². The second-order valence-electron chi connectivity index (χ2n) is 6.55. The quantitative estimate of drug-likeness (QED) is 0.812. The van der Waals surface area contributed by atoms with Crippen LogP contribution in [0.15, 0.2) is 29.2 Å². The van der Waals surface area contributed by atoms with Crippen molar-refractivity contribution in [2.45, 2.75) is 45.6 Å². The molecule has 0 saturated carbocycles. The maximum atomic E-state index is 13.2. The molecular weight excluding hydrogens is 374 g/mol. The van der Waals surface area contributed by atoms with E-state index in [1.807, 2.05) is 19.9 Å². The first-order chi connectivity index (χ1) is 12.4. The number of nitrogens with one attached hydrogen (secondary N) is 2. The van der Waals surface area contributed by atoms with Crippen LogP contribution in [0.4, 0.5) is 14.5 Å². The topological polar surface area (TPSA) is 75.3 Å². The maximum Gasteiger partial charge on any atom is 0.242 e. The molecule has 2 aromatic rings. The molecule has 0 saturated heterocycles. The summed E-state index contributed by atoms with van der Waals surface area (Å²) < 4.78 is 54.3. The molecule has 1 amide bonds. The van der Waals surface area contributed by atoms with Gasteiger partial charge in [0, 0.05) is 11.8 Å². The van der Waals surface area contributed by atoms with Crippen molar-refractivity contribution in [2.75, 3.05) is 5.32 Å². The molecule has 0 aliphatic carbocycles. The molecule has 2 N–H and O–H groups in total. The number of anilines is 1. The molecule has 8 heteroatoms. The molecule has 146 valence electrons. The number of sulfonamides is 1. The van der Waals surface area contributed by atoms with Crippen LogP contribution in [0, 0.1) is 39.3 Å². The highest BCUT2D eigenvalue weighted by atomic mass is 32.2. The van der Waals surface area contributed by atoms with E-state index in [2.05, 4.69) is 10.0 Å². The van der Waals surface area contributed by atoms with Gasteiger partial charge >= 0.3 is 0 Å². The minimum atomic E-state index is -3.96. The standard InChI is InChI=1S/C19H22F2N2O3S/c1-10-8-11(2)13(4)18(12(10)3)27(25,26)23-14(5)19(24)22-15-6-7-16(20)17(21)9-15/h6-9,14,23H,1-5H3,(H,22,24)/t14-/m0/s1. The Hall–Kier alpha value is -2.32. The molecule has 0 aliphatic heterocycles. The second-order valence-corrected chi connectivity index (χ2v) is 8.20. The SMILES string of the molecule is Cc1cc(C)c(C)c(S(=O)(=O)N[C@@H](C)C(=O)Nc2ccc(F)c(F)c2)c1C. The number of carbonyl (C=O) groups is 1. The second kappa shape index (κ2) is 7.74. The fourth-order valence-electron chi connectivity index (χ4n) is 2.75. The van der Waals surface area contributed by atoms with Gasteiger partial charge in [0.2, 0.25) is 15.9 Å². The van der Waals surface area contributed by atoms with Crippen molar-refractivity contribution < 1.29 is 22.0 Å². The van der Waals surface area contributed by atoms with Crippen molar-refractivity contribution >= 4 is 21.6 Å². The van der Waals surface area contributed by atoms with Crippen LogP contribution in [-0.4, -0.2) is 20.4 Å². The lowest BCUT2D eigenvalue weighted by atomic mass is 10.0. The Kier molecular flexibility index (Phi) is 6.01. The smallest absolute Gasteiger partial charge is 0.242 e. The molecule has 0 radical (unpaired) electrons. The number of amides is 1. The van der Waals surface area contributed by atoms with E-state index in [1.165, 1.54) is 13.0 Å². The third kappa shape index (κ3) is 4.51. The molecule has 0 spiro atoms.